The summed E-state index contributed by atoms with van der Waals surface area (Å²) in [6.45, 7) is 5.31. The van der Waals surface area contributed by atoms with Crippen LogP contribution in [0.5, 0.6) is 0 Å². The Bertz CT molecular complexity index is 518. The van der Waals surface area contributed by atoms with E-state index in [9.17, 15) is 4.79 Å². The molecule has 1 aromatic carbocycles. The molecule has 0 bridgehead atoms. The molecular formula is C16H21N3O. The van der Waals surface area contributed by atoms with E-state index in [-0.39, 0.29) is 11.8 Å². The summed E-state index contributed by atoms with van der Waals surface area (Å²) in [5.74, 6) is 0.0207. The van der Waals surface area contributed by atoms with Crippen molar-refractivity contribution < 1.29 is 4.79 Å². The lowest BCUT2D eigenvalue weighted by molar-refractivity contribution is -0.134. The van der Waals surface area contributed by atoms with Gasteiger partial charge in [-0.05, 0) is 25.8 Å². The normalized spacial score (nSPS) is 25.6. The second-order valence-corrected chi connectivity index (χ2v) is 5.28. The zero-order valence-electron chi connectivity index (χ0n) is 12.0. The van der Waals surface area contributed by atoms with Gasteiger partial charge < -0.3 is 10.6 Å². The maximum Gasteiger partial charge on any atom is 0.233 e. The quantitative estimate of drug-likeness (QED) is 0.885. The largest absolute Gasteiger partial charge is 0.342 e. The Labute approximate surface area is 120 Å². The third-order valence-electron chi connectivity index (χ3n) is 4.32. The third kappa shape index (κ3) is 2.19. The van der Waals surface area contributed by atoms with Crippen molar-refractivity contribution in [3.8, 4) is 6.07 Å². The highest BCUT2D eigenvalue weighted by Gasteiger charge is 2.64. The Morgan fingerprint density at radius 3 is 2.55 bits per heavy atom. The van der Waals surface area contributed by atoms with Gasteiger partial charge in [0.1, 0.15) is 0 Å². The van der Waals surface area contributed by atoms with Gasteiger partial charge in [0.05, 0.1) is 17.5 Å². The Balaban J connectivity index is 2.39. The fraction of sp³-hybridized carbons (Fsp3) is 0.500. The van der Waals surface area contributed by atoms with Gasteiger partial charge in [-0.25, -0.2) is 0 Å². The van der Waals surface area contributed by atoms with E-state index in [4.69, 9.17) is 11.0 Å². The fourth-order valence-electron chi connectivity index (χ4n) is 3.04. The number of nitrogens with zero attached hydrogens (tertiary/aromatic N) is 2. The minimum Gasteiger partial charge on any atom is -0.342 e. The first-order chi connectivity index (χ1) is 9.61. The molecule has 1 fully saturated rings. The zero-order valence-corrected chi connectivity index (χ0v) is 12.0. The van der Waals surface area contributed by atoms with E-state index >= 15 is 0 Å². The molecule has 0 radical (unpaired) electrons. The molecule has 0 heterocycles. The summed E-state index contributed by atoms with van der Waals surface area (Å²) in [6.07, 6.45) is 0.668. The molecule has 1 aliphatic carbocycles. The average Bonchev–Trinajstić information content (AvgIpc) is 3.25. The highest BCUT2D eigenvalue weighted by molar-refractivity contribution is 5.92. The average molecular weight is 271 g/mol. The van der Waals surface area contributed by atoms with Gasteiger partial charge in [-0.3, -0.25) is 4.79 Å². The van der Waals surface area contributed by atoms with E-state index in [1.54, 1.807) is 0 Å². The van der Waals surface area contributed by atoms with Crippen LogP contribution in [0.1, 0.15) is 25.8 Å². The lowest BCUT2D eigenvalue weighted by atomic mass is 9.89. The van der Waals surface area contributed by atoms with Crippen LogP contribution in [0.4, 0.5) is 0 Å². The highest BCUT2D eigenvalue weighted by atomic mass is 16.2. The maximum absolute atomic E-state index is 12.9. The topological polar surface area (TPSA) is 70.1 Å². The van der Waals surface area contributed by atoms with Crippen LogP contribution in [0.25, 0.3) is 0 Å². The van der Waals surface area contributed by atoms with Gasteiger partial charge in [0.25, 0.3) is 0 Å². The Morgan fingerprint density at radius 2 is 2.05 bits per heavy atom. The van der Waals surface area contributed by atoms with E-state index in [2.05, 4.69) is 6.07 Å². The van der Waals surface area contributed by atoms with Gasteiger partial charge >= 0.3 is 0 Å². The molecule has 0 aromatic heterocycles. The Morgan fingerprint density at radius 1 is 1.45 bits per heavy atom. The lowest BCUT2D eigenvalue weighted by Gasteiger charge is -2.27. The first kappa shape index (κ1) is 14.5. The number of amides is 1. The fourth-order valence-corrected chi connectivity index (χ4v) is 3.04. The van der Waals surface area contributed by atoms with Gasteiger partial charge in [-0.15, -0.1) is 0 Å². The molecule has 1 amide bonds. The van der Waals surface area contributed by atoms with Crippen molar-refractivity contribution in [3.63, 3.8) is 0 Å². The van der Waals surface area contributed by atoms with E-state index < -0.39 is 11.5 Å². The second-order valence-electron chi connectivity index (χ2n) is 5.28. The first-order valence-corrected chi connectivity index (χ1v) is 7.11. The smallest absolute Gasteiger partial charge is 0.233 e. The summed E-state index contributed by atoms with van der Waals surface area (Å²) in [5.41, 5.74) is 6.26. The first-order valence-electron chi connectivity index (χ1n) is 7.11. The van der Waals surface area contributed by atoms with E-state index in [0.717, 1.165) is 5.56 Å². The van der Waals surface area contributed by atoms with Crippen molar-refractivity contribution >= 4 is 5.91 Å². The monoisotopic (exact) mass is 271 g/mol. The minimum atomic E-state index is -0.595. The second kappa shape index (κ2) is 5.64. The summed E-state index contributed by atoms with van der Waals surface area (Å²) < 4.78 is 0. The summed E-state index contributed by atoms with van der Waals surface area (Å²) in [7, 11) is 0. The molecule has 1 aromatic rings. The number of nitrogens with two attached hydrogens (primary N) is 1. The van der Waals surface area contributed by atoms with Gasteiger partial charge in [-0.2, -0.15) is 5.26 Å². The van der Waals surface area contributed by atoms with Crippen molar-refractivity contribution in [2.24, 2.45) is 11.7 Å². The van der Waals surface area contributed by atoms with Crippen LogP contribution in [-0.4, -0.2) is 29.9 Å². The molecule has 0 unspecified atom stereocenters. The van der Waals surface area contributed by atoms with Crippen LogP contribution in [0.3, 0.4) is 0 Å². The number of rotatable bonds is 5. The van der Waals surface area contributed by atoms with Crippen molar-refractivity contribution in [2.75, 3.05) is 13.1 Å². The van der Waals surface area contributed by atoms with Crippen molar-refractivity contribution in [3.05, 3.63) is 35.9 Å². The van der Waals surface area contributed by atoms with Crippen LogP contribution in [0.2, 0.25) is 0 Å². The Hall–Kier alpha value is -1.86. The lowest BCUT2D eigenvalue weighted by Crippen LogP contribution is -2.42. The third-order valence-corrected chi connectivity index (χ3v) is 4.32. The predicted molar refractivity (Wildman–Crippen MR) is 77.7 cm³/mol. The molecule has 0 saturated heterocycles. The van der Waals surface area contributed by atoms with Crippen molar-refractivity contribution in [2.45, 2.75) is 31.7 Å². The molecule has 0 spiro atoms. The molecule has 1 saturated carbocycles. The Kier molecular flexibility index (Phi) is 4.10. The summed E-state index contributed by atoms with van der Waals surface area (Å²) in [6, 6.07) is 11.2. The van der Waals surface area contributed by atoms with Crippen LogP contribution in [0, 0.1) is 17.2 Å². The molecule has 2 N–H and O–H groups in total. The molecular weight excluding hydrogens is 250 g/mol. The van der Waals surface area contributed by atoms with E-state index in [0.29, 0.717) is 19.5 Å². The number of likely N-dealkylation sites (N-methyl/N-ethyl adjacent to an activating group) is 1. The van der Waals surface area contributed by atoms with Crippen LogP contribution < -0.4 is 5.73 Å². The maximum atomic E-state index is 12.9. The number of hydrogen-bond acceptors (Lipinski definition) is 3. The van der Waals surface area contributed by atoms with Gasteiger partial charge in [0.2, 0.25) is 5.91 Å². The molecule has 4 heteroatoms. The molecule has 0 aliphatic heterocycles. The van der Waals surface area contributed by atoms with E-state index in [1.165, 1.54) is 0 Å². The number of hydrogen-bond donors (Lipinski definition) is 1. The van der Waals surface area contributed by atoms with Crippen LogP contribution in [-0.2, 0) is 10.2 Å². The number of carbonyl (C=O) groups is 1. The SMILES string of the molecule is CCN(CC)C(=O)[C@@]1(c2ccccc2)C[C@H]1[C@H](N)C#N. The molecule has 2 rings (SSSR count). The molecule has 4 nitrogen and oxygen atoms in total. The summed E-state index contributed by atoms with van der Waals surface area (Å²) in [4.78, 5) is 14.7. The summed E-state index contributed by atoms with van der Waals surface area (Å²) in [5, 5.41) is 9.06. The number of carbonyl (C=O) groups excluding carboxylic acids is 1. The van der Waals surface area contributed by atoms with Crippen molar-refractivity contribution in [1.29, 1.82) is 5.26 Å². The standard InChI is InChI=1S/C16H21N3O/c1-3-19(4-2)15(20)16(10-13(16)14(18)11-17)12-8-6-5-7-9-12/h5-9,13-14H,3-4,10,18H2,1-2H3/t13-,14+,16+/m0/s1. The summed E-state index contributed by atoms with van der Waals surface area (Å²) >= 11 is 0. The van der Waals surface area contributed by atoms with Gasteiger partial charge in [0, 0.05) is 19.0 Å². The van der Waals surface area contributed by atoms with Gasteiger partial charge in [0.15, 0.2) is 0 Å². The van der Waals surface area contributed by atoms with E-state index in [1.807, 2.05) is 49.1 Å². The van der Waals surface area contributed by atoms with Crippen molar-refractivity contribution in [1.82, 2.24) is 4.90 Å². The zero-order chi connectivity index (χ0) is 14.8. The molecule has 20 heavy (non-hydrogen) atoms. The molecule has 106 valence electrons. The number of nitriles is 1. The van der Waals surface area contributed by atoms with Crippen LogP contribution >= 0.6 is 0 Å². The minimum absolute atomic E-state index is 0.0806. The predicted octanol–water partition coefficient (Wildman–Crippen LogP) is 1.66. The highest BCUT2D eigenvalue weighted by Crippen LogP contribution is 2.56. The molecule has 3 atom stereocenters. The van der Waals surface area contributed by atoms with Crippen LogP contribution in [0.15, 0.2) is 30.3 Å². The molecule has 1 aliphatic rings. The van der Waals surface area contributed by atoms with Gasteiger partial charge in [-0.1, -0.05) is 30.3 Å². The number of benzene rings is 1.